The zero-order valence-corrected chi connectivity index (χ0v) is 16.3. The molecule has 0 fully saturated rings. The van der Waals surface area contributed by atoms with Crippen molar-refractivity contribution in [2.45, 2.75) is 79.2 Å². The lowest BCUT2D eigenvalue weighted by atomic mass is 9.82. The van der Waals surface area contributed by atoms with E-state index in [1.54, 1.807) is 11.9 Å². The van der Waals surface area contributed by atoms with E-state index in [0.717, 1.165) is 32.1 Å². The Morgan fingerprint density at radius 1 is 1.17 bits per heavy atom. The third kappa shape index (κ3) is 7.06. The average Bonchev–Trinajstić information content (AvgIpc) is 2.48. The minimum absolute atomic E-state index is 0.0759. The molecule has 1 rings (SSSR count). The van der Waals surface area contributed by atoms with Crippen LogP contribution in [0.25, 0.3) is 0 Å². The van der Waals surface area contributed by atoms with Gasteiger partial charge in [-0.05, 0) is 37.0 Å². The van der Waals surface area contributed by atoms with Crippen LogP contribution in [0.5, 0.6) is 0 Å². The third-order valence-corrected chi connectivity index (χ3v) is 4.82. The second-order valence-corrected chi connectivity index (χ2v) is 8.39. The van der Waals surface area contributed by atoms with Crippen LogP contribution in [0, 0.1) is 17.3 Å². The van der Waals surface area contributed by atoms with Crippen LogP contribution in [0.3, 0.4) is 0 Å². The van der Waals surface area contributed by atoms with Crippen LogP contribution in [-0.2, 0) is 14.3 Å². The normalized spacial score (nSPS) is 30.2. The molecule has 0 spiro atoms. The predicted octanol–water partition coefficient (Wildman–Crippen LogP) is 4.54. The summed E-state index contributed by atoms with van der Waals surface area (Å²) >= 11 is 0. The Balaban J connectivity index is 2.86. The van der Waals surface area contributed by atoms with Crippen molar-refractivity contribution >= 4 is 11.9 Å². The Morgan fingerprint density at radius 3 is 2.46 bits per heavy atom. The largest absolute Gasteiger partial charge is 0.462 e. The first-order chi connectivity index (χ1) is 11.1. The monoisotopic (exact) mass is 337 g/mol. The number of allylic oxidation sites excluding steroid dienone is 1. The molecule has 0 aromatic heterocycles. The number of hydrogen-bond donors (Lipinski definition) is 0. The second kappa shape index (κ2) is 9.24. The van der Waals surface area contributed by atoms with E-state index < -0.39 is 0 Å². The highest BCUT2D eigenvalue weighted by atomic mass is 16.5. The van der Waals surface area contributed by atoms with Gasteiger partial charge in [-0.15, -0.1) is 0 Å². The van der Waals surface area contributed by atoms with Crippen LogP contribution in [0.4, 0.5) is 0 Å². The Morgan fingerprint density at radius 2 is 1.83 bits per heavy atom. The lowest BCUT2D eigenvalue weighted by Gasteiger charge is -2.33. The minimum Gasteiger partial charge on any atom is -0.462 e. The summed E-state index contributed by atoms with van der Waals surface area (Å²) in [5, 5.41) is 0. The summed E-state index contributed by atoms with van der Waals surface area (Å²) in [5.74, 6) is 0.355. The summed E-state index contributed by atoms with van der Waals surface area (Å²) in [6, 6.07) is 0. The number of esters is 1. The lowest BCUT2D eigenvalue weighted by molar-refractivity contribution is -0.160. The molecule has 4 nitrogen and oxygen atoms in total. The first-order valence-corrected chi connectivity index (χ1v) is 9.24. The van der Waals surface area contributed by atoms with Gasteiger partial charge in [-0.2, -0.15) is 0 Å². The molecule has 24 heavy (non-hydrogen) atoms. The number of carbonyl (C=O) groups excluding carboxylic acids is 2. The van der Waals surface area contributed by atoms with Gasteiger partial charge in [0.1, 0.15) is 6.10 Å². The van der Waals surface area contributed by atoms with E-state index in [-0.39, 0.29) is 29.3 Å². The number of hydrogen-bond acceptors (Lipinski definition) is 3. The summed E-state index contributed by atoms with van der Waals surface area (Å²) in [5.41, 5.74) is -0.0759. The second-order valence-electron chi connectivity index (χ2n) is 8.39. The number of rotatable bonds is 0. The summed E-state index contributed by atoms with van der Waals surface area (Å²) < 4.78 is 5.88. The summed E-state index contributed by atoms with van der Waals surface area (Å²) in [6.45, 7) is 10.5. The van der Waals surface area contributed by atoms with E-state index in [9.17, 15) is 9.59 Å². The van der Waals surface area contributed by atoms with Crippen molar-refractivity contribution in [1.82, 2.24) is 4.90 Å². The highest BCUT2D eigenvalue weighted by molar-refractivity contribution is 5.76. The Hall–Kier alpha value is -1.32. The quantitative estimate of drug-likeness (QED) is 0.610. The standard InChI is InChI=1S/C20H35NO3/c1-15-10-9-12-18(22)21(6)13-8-7-11-16(2)19(23)24-17(14-15)20(3,4)5/h8,13,15-17H,7,9-12,14H2,1-6H3/b13-8+/t15-,16+,17?/m0/s1. The van der Waals surface area contributed by atoms with Gasteiger partial charge in [0.15, 0.2) is 0 Å². The van der Waals surface area contributed by atoms with Crippen molar-refractivity contribution in [2.75, 3.05) is 7.05 Å². The topological polar surface area (TPSA) is 46.6 Å². The molecule has 1 heterocycles. The maximum absolute atomic E-state index is 12.4. The molecule has 138 valence electrons. The van der Waals surface area contributed by atoms with Gasteiger partial charge in [0.25, 0.3) is 0 Å². The fraction of sp³-hybridized carbons (Fsp3) is 0.800. The predicted molar refractivity (Wildman–Crippen MR) is 97.3 cm³/mol. The molecular weight excluding hydrogens is 302 g/mol. The number of carbonyl (C=O) groups is 2. The SMILES string of the molecule is C[C@H]1CCCC(=O)N(C)/C=C/CC[C@@H](C)C(=O)OC(C(C)(C)C)C1. The van der Waals surface area contributed by atoms with E-state index in [2.05, 4.69) is 27.7 Å². The van der Waals surface area contributed by atoms with Crippen LogP contribution in [0.15, 0.2) is 12.3 Å². The van der Waals surface area contributed by atoms with Crippen molar-refractivity contribution in [2.24, 2.45) is 17.3 Å². The van der Waals surface area contributed by atoms with E-state index in [1.165, 1.54) is 0 Å². The van der Waals surface area contributed by atoms with Gasteiger partial charge in [0.2, 0.25) is 5.91 Å². The first kappa shape index (κ1) is 20.7. The van der Waals surface area contributed by atoms with E-state index in [4.69, 9.17) is 4.74 Å². The minimum atomic E-state index is -0.124. The zero-order valence-electron chi connectivity index (χ0n) is 16.3. The smallest absolute Gasteiger partial charge is 0.308 e. The van der Waals surface area contributed by atoms with Crippen molar-refractivity contribution in [1.29, 1.82) is 0 Å². The first-order valence-electron chi connectivity index (χ1n) is 9.24. The van der Waals surface area contributed by atoms with E-state index in [1.807, 2.05) is 19.2 Å². The summed E-state index contributed by atoms with van der Waals surface area (Å²) in [7, 11) is 1.80. The number of ether oxygens (including phenoxy) is 1. The summed E-state index contributed by atoms with van der Waals surface area (Å²) in [6.07, 6.45) is 8.48. The maximum atomic E-state index is 12.4. The van der Waals surface area contributed by atoms with Gasteiger partial charge in [0.05, 0.1) is 5.92 Å². The summed E-state index contributed by atoms with van der Waals surface area (Å²) in [4.78, 5) is 26.2. The van der Waals surface area contributed by atoms with Gasteiger partial charge in [-0.3, -0.25) is 9.59 Å². The highest BCUT2D eigenvalue weighted by Gasteiger charge is 2.31. The molecule has 1 aliphatic heterocycles. The molecule has 0 aliphatic carbocycles. The van der Waals surface area contributed by atoms with Gasteiger partial charge in [-0.1, -0.05) is 47.1 Å². The van der Waals surface area contributed by atoms with Crippen molar-refractivity contribution in [3.63, 3.8) is 0 Å². The molecule has 1 unspecified atom stereocenters. The average molecular weight is 338 g/mol. The molecule has 0 saturated carbocycles. The van der Waals surface area contributed by atoms with Crippen molar-refractivity contribution < 1.29 is 14.3 Å². The molecule has 0 aromatic rings. The molecule has 0 N–H and O–H groups in total. The van der Waals surface area contributed by atoms with Gasteiger partial charge < -0.3 is 9.64 Å². The molecule has 4 heteroatoms. The molecule has 1 amide bonds. The van der Waals surface area contributed by atoms with Crippen LogP contribution < -0.4 is 0 Å². The molecule has 0 radical (unpaired) electrons. The molecule has 0 aromatic carbocycles. The lowest BCUT2D eigenvalue weighted by Crippen LogP contribution is -2.35. The third-order valence-electron chi connectivity index (χ3n) is 4.82. The molecule has 3 atom stereocenters. The van der Waals surface area contributed by atoms with E-state index >= 15 is 0 Å². The molecular formula is C20H35NO3. The fourth-order valence-electron chi connectivity index (χ4n) is 2.88. The zero-order chi connectivity index (χ0) is 18.3. The van der Waals surface area contributed by atoms with Crippen LogP contribution >= 0.6 is 0 Å². The van der Waals surface area contributed by atoms with Crippen LogP contribution in [-0.4, -0.2) is 29.9 Å². The molecule has 1 aliphatic rings. The fourth-order valence-corrected chi connectivity index (χ4v) is 2.88. The Bertz CT molecular complexity index is 450. The number of nitrogens with zero attached hydrogens (tertiary/aromatic N) is 1. The number of amides is 1. The van der Waals surface area contributed by atoms with Crippen LogP contribution in [0.1, 0.15) is 73.1 Å². The Kier molecular flexibility index (Phi) is 7.98. The van der Waals surface area contributed by atoms with Gasteiger partial charge in [0, 0.05) is 19.7 Å². The number of cyclic esters (lactones) is 1. The highest BCUT2D eigenvalue weighted by Crippen LogP contribution is 2.30. The van der Waals surface area contributed by atoms with E-state index in [0.29, 0.717) is 12.3 Å². The maximum Gasteiger partial charge on any atom is 0.308 e. The molecule has 0 saturated heterocycles. The van der Waals surface area contributed by atoms with Crippen molar-refractivity contribution in [3.05, 3.63) is 12.3 Å². The van der Waals surface area contributed by atoms with Crippen molar-refractivity contribution in [3.8, 4) is 0 Å². The molecule has 0 bridgehead atoms. The van der Waals surface area contributed by atoms with Gasteiger partial charge >= 0.3 is 5.97 Å². The van der Waals surface area contributed by atoms with Crippen LogP contribution in [0.2, 0.25) is 0 Å². The van der Waals surface area contributed by atoms with Gasteiger partial charge in [-0.25, -0.2) is 0 Å². The Labute approximate surface area is 147 Å².